The number of hydrogen-bond donors (Lipinski definition) is 1. The van der Waals surface area contributed by atoms with Crippen LogP contribution in [0.2, 0.25) is 0 Å². The van der Waals surface area contributed by atoms with Crippen LogP contribution < -0.4 is 0 Å². The van der Waals surface area contributed by atoms with Crippen LogP contribution >= 0.6 is 0 Å². The minimum absolute atomic E-state index is 0.0811. The number of aliphatic hydroxyl groups excluding tert-OH is 1. The maximum Gasteiger partial charge on any atom is 0.0571 e. The monoisotopic (exact) mass is 294 g/mol. The van der Waals surface area contributed by atoms with E-state index in [1.165, 1.54) is 38.5 Å². The highest BCUT2D eigenvalue weighted by Crippen LogP contribution is 2.62. The molecule has 1 nitrogen and oxygen atoms in total. The van der Waals surface area contributed by atoms with Gasteiger partial charge in [0, 0.05) is 0 Å². The molecule has 0 unspecified atom stereocenters. The Bertz CT molecular complexity index is 348. The Morgan fingerprint density at radius 2 is 1.86 bits per heavy atom. The van der Waals surface area contributed by atoms with Crippen LogP contribution in [0.15, 0.2) is 0 Å². The van der Waals surface area contributed by atoms with E-state index in [-0.39, 0.29) is 6.10 Å². The lowest BCUT2D eigenvalue weighted by Gasteiger charge is -2.60. The van der Waals surface area contributed by atoms with Crippen LogP contribution in [-0.4, -0.2) is 11.2 Å². The van der Waals surface area contributed by atoms with Gasteiger partial charge in [0.05, 0.1) is 6.10 Å². The summed E-state index contributed by atoms with van der Waals surface area (Å²) in [7, 11) is 0. The van der Waals surface area contributed by atoms with Crippen molar-refractivity contribution in [3.63, 3.8) is 0 Å². The molecule has 0 amide bonds. The predicted molar refractivity (Wildman–Crippen MR) is 91.2 cm³/mol. The Kier molecular flexibility index (Phi) is 5.13. The molecular formula is C20H38O. The maximum absolute atomic E-state index is 10.7. The van der Waals surface area contributed by atoms with Crippen LogP contribution in [0.5, 0.6) is 0 Å². The molecule has 0 aromatic heterocycles. The number of fused-ring (bicyclic) bond motifs is 1. The van der Waals surface area contributed by atoms with Crippen molar-refractivity contribution in [1.29, 1.82) is 0 Å². The molecular weight excluding hydrogens is 256 g/mol. The first-order chi connectivity index (χ1) is 9.72. The van der Waals surface area contributed by atoms with E-state index in [2.05, 4.69) is 41.5 Å². The third kappa shape index (κ3) is 3.19. The van der Waals surface area contributed by atoms with Crippen LogP contribution in [0.1, 0.15) is 86.5 Å². The topological polar surface area (TPSA) is 20.2 Å². The Morgan fingerprint density at radius 1 is 1.19 bits per heavy atom. The molecule has 2 fully saturated rings. The summed E-state index contributed by atoms with van der Waals surface area (Å²) in [5.74, 6) is 2.71. The highest BCUT2D eigenvalue weighted by molar-refractivity contribution is 5.04. The lowest BCUT2D eigenvalue weighted by atomic mass is 9.45. The van der Waals surface area contributed by atoms with Crippen molar-refractivity contribution in [1.82, 2.24) is 0 Å². The van der Waals surface area contributed by atoms with Crippen LogP contribution in [0, 0.1) is 34.5 Å². The van der Waals surface area contributed by atoms with E-state index in [4.69, 9.17) is 0 Å². The molecule has 0 aromatic carbocycles. The van der Waals surface area contributed by atoms with Crippen molar-refractivity contribution in [3.8, 4) is 0 Å². The molecule has 2 aliphatic carbocycles. The highest BCUT2D eigenvalue weighted by atomic mass is 16.3. The van der Waals surface area contributed by atoms with Crippen molar-refractivity contribution in [2.75, 3.05) is 0 Å². The molecule has 0 bridgehead atoms. The second-order valence-electron chi connectivity index (χ2n) is 9.26. The van der Waals surface area contributed by atoms with Crippen molar-refractivity contribution < 1.29 is 5.11 Å². The quantitative estimate of drug-likeness (QED) is 0.709. The minimum Gasteiger partial charge on any atom is -0.393 e. The van der Waals surface area contributed by atoms with Crippen molar-refractivity contribution >= 4 is 0 Å². The van der Waals surface area contributed by atoms with E-state index in [9.17, 15) is 5.11 Å². The summed E-state index contributed by atoms with van der Waals surface area (Å²) in [5, 5.41) is 10.7. The Labute approximate surface area is 132 Å². The van der Waals surface area contributed by atoms with Gasteiger partial charge in [0.15, 0.2) is 0 Å². The van der Waals surface area contributed by atoms with Gasteiger partial charge in [-0.3, -0.25) is 0 Å². The summed E-state index contributed by atoms with van der Waals surface area (Å²) in [5.41, 5.74) is 0.858. The fourth-order valence-electron chi connectivity index (χ4n) is 5.78. The molecule has 0 aliphatic heterocycles. The van der Waals surface area contributed by atoms with E-state index in [1.807, 2.05) is 0 Å². The van der Waals surface area contributed by atoms with Gasteiger partial charge in [-0.25, -0.2) is 0 Å². The van der Waals surface area contributed by atoms with Crippen LogP contribution in [0.3, 0.4) is 0 Å². The van der Waals surface area contributed by atoms with E-state index < -0.39 is 0 Å². The molecule has 0 aromatic rings. The van der Waals surface area contributed by atoms with Gasteiger partial charge in [0.2, 0.25) is 0 Å². The standard InChI is InChI=1S/C20H38O/c1-7-14(2)9-10-16-15(3)17(21)13-18-19(4,5)11-8-12-20(16,18)6/h14-18,21H,7-13H2,1-6H3/t14-,15-,16+,17+,18+,20-/m1/s1. The van der Waals surface area contributed by atoms with E-state index in [0.717, 1.165) is 12.3 Å². The number of hydrogen-bond acceptors (Lipinski definition) is 1. The molecule has 2 rings (SSSR count). The predicted octanol–water partition coefficient (Wildman–Crippen LogP) is 5.66. The third-order valence-electron chi connectivity index (χ3n) is 7.51. The summed E-state index contributed by atoms with van der Waals surface area (Å²) < 4.78 is 0. The molecule has 2 aliphatic rings. The Hall–Kier alpha value is -0.0400. The van der Waals surface area contributed by atoms with Gasteiger partial charge >= 0.3 is 0 Å². The molecule has 1 heteroatoms. The SMILES string of the molecule is CC[C@@H](C)CC[C@H]1[C@@H](C)[C@@H](O)C[C@H]2C(C)(C)CCC[C@]12C. The fraction of sp³-hybridized carbons (Fsp3) is 1.00. The Balaban J connectivity index is 2.22. The molecule has 1 N–H and O–H groups in total. The largest absolute Gasteiger partial charge is 0.393 e. The lowest BCUT2D eigenvalue weighted by molar-refractivity contribution is -0.142. The first-order valence-corrected chi connectivity index (χ1v) is 9.40. The van der Waals surface area contributed by atoms with Crippen molar-refractivity contribution in [2.24, 2.45) is 34.5 Å². The second kappa shape index (κ2) is 6.22. The third-order valence-corrected chi connectivity index (χ3v) is 7.51. The summed E-state index contributed by atoms with van der Waals surface area (Å²) in [6.07, 6.45) is 8.98. The molecule has 0 heterocycles. The van der Waals surface area contributed by atoms with E-state index in [1.54, 1.807) is 0 Å². The molecule has 21 heavy (non-hydrogen) atoms. The zero-order valence-corrected chi connectivity index (χ0v) is 15.3. The van der Waals surface area contributed by atoms with Crippen LogP contribution in [-0.2, 0) is 0 Å². The first kappa shape index (κ1) is 17.3. The average Bonchev–Trinajstić information content (AvgIpc) is 2.41. The van der Waals surface area contributed by atoms with Gasteiger partial charge in [0.25, 0.3) is 0 Å². The zero-order valence-electron chi connectivity index (χ0n) is 15.3. The highest BCUT2D eigenvalue weighted by Gasteiger charge is 2.55. The van der Waals surface area contributed by atoms with Gasteiger partial charge in [-0.2, -0.15) is 0 Å². The van der Waals surface area contributed by atoms with Gasteiger partial charge < -0.3 is 5.11 Å². The second-order valence-corrected chi connectivity index (χ2v) is 9.26. The molecule has 124 valence electrons. The van der Waals surface area contributed by atoms with Crippen molar-refractivity contribution in [2.45, 2.75) is 92.6 Å². The Morgan fingerprint density at radius 3 is 2.48 bits per heavy atom. The summed E-state index contributed by atoms with van der Waals surface area (Å²) in [4.78, 5) is 0. The molecule has 2 saturated carbocycles. The molecule has 0 radical (unpaired) electrons. The van der Waals surface area contributed by atoms with E-state index in [0.29, 0.717) is 28.6 Å². The zero-order chi connectivity index (χ0) is 15.8. The maximum atomic E-state index is 10.7. The molecule has 0 saturated heterocycles. The first-order valence-electron chi connectivity index (χ1n) is 9.40. The number of rotatable bonds is 4. The lowest BCUT2D eigenvalue weighted by Crippen LogP contribution is -2.55. The van der Waals surface area contributed by atoms with Gasteiger partial charge in [-0.15, -0.1) is 0 Å². The van der Waals surface area contributed by atoms with E-state index >= 15 is 0 Å². The summed E-state index contributed by atoms with van der Waals surface area (Å²) >= 11 is 0. The summed E-state index contributed by atoms with van der Waals surface area (Å²) in [6, 6.07) is 0. The van der Waals surface area contributed by atoms with Crippen LogP contribution in [0.25, 0.3) is 0 Å². The smallest absolute Gasteiger partial charge is 0.0571 e. The minimum atomic E-state index is -0.0811. The molecule has 0 spiro atoms. The fourth-order valence-corrected chi connectivity index (χ4v) is 5.78. The molecule has 6 atom stereocenters. The van der Waals surface area contributed by atoms with Gasteiger partial charge in [-0.1, -0.05) is 60.8 Å². The average molecular weight is 295 g/mol. The number of aliphatic hydroxyl groups is 1. The van der Waals surface area contributed by atoms with Crippen molar-refractivity contribution in [3.05, 3.63) is 0 Å². The van der Waals surface area contributed by atoms with Crippen LogP contribution in [0.4, 0.5) is 0 Å². The normalized spacial score (nSPS) is 44.1. The summed E-state index contributed by atoms with van der Waals surface area (Å²) in [6.45, 7) is 14.5. The van der Waals surface area contributed by atoms with Gasteiger partial charge in [0.1, 0.15) is 0 Å². The van der Waals surface area contributed by atoms with Gasteiger partial charge in [-0.05, 0) is 60.2 Å².